The molecule has 2 N–H and O–H groups in total. The number of nitrogens with two attached hydrogens (primary N) is 1. The number of aromatic nitrogens is 1. The number of nitrogen functional groups attached to an aromatic ring is 1. The molecule has 1 aromatic heterocycles. The van der Waals surface area contributed by atoms with Crippen LogP contribution in [0.25, 0.3) is 11.3 Å². The van der Waals surface area contributed by atoms with Gasteiger partial charge in [-0.3, -0.25) is 0 Å². The molecule has 0 atom stereocenters. The third-order valence-electron chi connectivity index (χ3n) is 2.05. The summed E-state index contributed by atoms with van der Waals surface area (Å²) in [5.74, 6) is -1.29. The fraction of sp³-hybridized carbons (Fsp3) is 0.100. The predicted octanol–water partition coefficient (Wildman–Crippen LogP) is 2.92. The zero-order valence-corrected chi connectivity index (χ0v) is 9.15. The Morgan fingerprint density at radius 3 is 2.69 bits per heavy atom. The van der Waals surface area contributed by atoms with Gasteiger partial charge in [-0.1, -0.05) is 5.16 Å². The summed E-state index contributed by atoms with van der Waals surface area (Å²) in [4.78, 5) is 0.339. The van der Waals surface area contributed by atoms with Gasteiger partial charge in [0.25, 0.3) is 0 Å². The van der Waals surface area contributed by atoms with Gasteiger partial charge >= 0.3 is 0 Å². The molecule has 0 aliphatic heterocycles. The normalized spacial score (nSPS) is 10.7. The first kappa shape index (κ1) is 10.9. The molecule has 16 heavy (non-hydrogen) atoms. The maximum Gasteiger partial charge on any atom is 0.175 e. The molecule has 3 nitrogen and oxygen atoms in total. The van der Waals surface area contributed by atoms with E-state index in [4.69, 9.17) is 10.3 Å². The Kier molecular flexibility index (Phi) is 2.82. The van der Waals surface area contributed by atoms with Crippen LogP contribution in [0.1, 0.15) is 0 Å². The van der Waals surface area contributed by atoms with Crippen LogP contribution in [0.5, 0.6) is 0 Å². The molecule has 1 aromatic carbocycles. The highest BCUT2D eigenvalue weighted by atomic mass is 32.2. The van der Waals surface area contributed by atoms with Crippen LogP contribution in [0.3, 0.4) is 0 Å². The Morgan fingerprint density at radius 1 is 1.38 bits per heavy atom. The van der Waals surface area contributed by atoms with Crippen molar-refractivity contribution in [2.75, 3.05) is 12.0 Å². The number of thioether (sulfide) groups is 1. The van der Waals surface area contributed by atoms with E-state index in [1.807, 2.05) is 0 Å². The molecule has 0 bridgehead atoms. The topological polar surface area (TPSA) is 52.0 Å². The summed E-state index contributed by atoms with van der Waals surface area (Å²) in [6.07, 6.45) is 1.70. The SMILES string of the molecule is CSc1ccc(F)c(-c2cc(N)no2)c1F. The summed E-state index contributed by atoms with van der Waals surface area (Å²) in [5, 5.41) is 3.39. The molecule has 0 unspecified atom stereocenters. The van der Waals surface area contributed by atoms with Crippen molar-refractivity contribution in [3.8, 4) is 11.3 Å². The summed E-state index contributed by atoms with van der Waals surface area (Å²) in [5.41, 5.74) is 5.09. The van der Waals surface area contributed by atoms with Crippen LogP contribution in [0.15, 0.2) is 27.6 Å². The molecule has 0 aliphatic carbocycles. The molecular formula is C10H8F2N2OS. The summed E-state index contributed by atoms with van der Waals surface area (Å²) in [6.45, 7) is 0. The minimum Gasteiger partial charge on any atom is -0.381 e. The van der Waals surface area contributed by atoms with Crippen molar-refractivity contribution >= 4 is 17.6 Å². The fourth-order valence-corrected chi connectivity index (χ4v) is 1.81. The zero-order chi connectivity index (χ0) is 11.7. The summed E-state index contributed by atoms with van der Waals surface area (Å²) < 4.78 is 32.1. The molecule has 1 heterocycles. The number of hydrogen-bond acceptors (Lipinski definition) is 4. The van der Waals surface area contributed by atoms with Gasteiger partial charge in [0.1, 0.15) is 5.82 Å². The Labute approximate surface area is 94.6 Å². The number of anilines is 1. The molecule has 0 amide bonds. The standard InChI is InChI=1S/C10H8F2N2OS/c1-16-7-3-2-5(11)9(10(7)12)6-4-8(13)14-15-6/h2-4H,1H3,(H2,13,14). The van der Waals surface area contributed by atoms with E-state index in [2.05, 4.69) is 5.16 Å². The van der Waals surface area contributed by atoms with Gasteiger partial charge in [-0.25, -0.2) is 8.78 Å². The highest BCUT2D eigenvalue weighted by Gasteiger charge is 2.18. The lowest BCUT2D eigenvalue weighted by Crippen LogP contribution is -1.91. The molecule has 0 aliphatic rings. The second kappa shape index (κ2) is 4.13. The van der Waals surface area contributed by atoms with E-state index >= 15 is 0 Å². The first-order valence-electron chi connectivity index (χ1n) is 4.38. The number of halogens is 2. The van der Waals surface area contributed by atoms with Crippen LogP contribution in [0.4, 0.5) is 14.6 Å². The number of hydrogen-bond donors (Lipinski definition) is 1. The average Bonchev–Trinajstić information content (AvgIpc) is 2.65. The highest BCUT2D eigenvalue weighted by molar-refractivity contribution is 7.98. The third kappa shape index (κ3) is 1.76. The first-order chi connectivity index (χ1) is 7.63. The maximum absolute atomic E-state index is 13.8. The lowest BCUT2D eigenvalue weighted by atomic mass is 10.1. The summed E-state index contributed by atoms with van der Waals surface area (Å²) >= 11 is 1.18. The van der Waals surface area contributed by atoms with Crippen molar-refractivity contribution in [2.24, 2.45) is 0 Å². The van der Waals surface area contributed by atoms with Crippen molar-refractivity contribution in [3.63, 3.8) is 0 Å². The average molecular weight is 242 g/mol. The Balaban J connectivity index is 2.63. The fourth-order valence-electron chi connectivity index (χ4n) is 1.32. The van der Waals surface area contributed by atoms with Crippen molar-refractivity contribution in [3.05, 3.63) is 29.8 Å². The van der Waals surface area contributed by atoms with Crippen molar-refractivity contribution in [1.82, 2.24) is 5.16 Å². The molecule has 0 spiro atoms. The molecular weight excluding hydrogens is 234 g/mol. The minimum atomic E-state index is -0.702. The second-order valence-electron chi connectivity index (χ2n) is 3.05. The van der Waals surface area contributed by atoms with Crippen LogP contribution in [0, 0.1) is 11.6 Å². The molecule has 0 radical (unpaired) electrons. The number of nitrogens with zero attached hydrogens (tertiary/aromatic N) is 1. The molecule has 6 heteroatoms. The Bertz CT molecular complexity index is 528. The lowest BCUT2D eigenvalue weighted by molar-refractivity contribution is 0.429. The van der Waals surface area contributed by atoms with Crippen LogP contribution < -0.4 is 5.73 Å². The van der Waals surface area contributed by atoms with Gasteiger partial charge in [-0.2, -0.15) is 0 Å². The zero-order valence-electron chi connectivity index (χ0n) is 8.33. The summed E-state index contributed by atoms with van der Waals surface area (Å²) in [6, 6.07) is 3.84. The van der Waals surface area contributed by atoms with Crippen LogP contribution in [-0.2, 0) is 0 Å². The van der Waals surface area contributed by atoms with E-state index in [-0.39, 0.29) is 17.1 Å². The third-order valence-corrected chi connectivity index (χ3v) is 2.81. The highest BCUT2D eigenvalue weighted by Crippen LogP contribution is 2.32. The van der Waals surface area contributed by atoms with E-state index in [1.165, 1.54) is 30.0 Å². The van der Waals surface area contributed by atoms with Gasteiger partial charge in [0, 0.05) is 11.0 Å². The number of benzene rings is 1. The monoisotopic (exact) mass is 242 g/mol. The van der Waals surface area contributed by atoms with Gasteiger partial charge in [0.15, 0.2) is 17.4 Å². The molecule has 84 valence electrons. The number of rotatable bonds is 2. The predicted molar refractivity (Wildman–Crippen MR) is 58.0 cm³/mol. The van der Waals surface area contributed by atoms with Crippen molar-refractivity contribution in [1.29, 1.82) is 0 Å². The summed E-state index contributed by atoms with van der Waals surface area (Å²) in [7, 11) is 0. The quantitative estimate of drug-likeness (QED) is 0.822. The van der Waals surface area contributed by atoms with Crippen molar-refractivity contribution in [2.45, 2.75) is 4.90 Å². The van der Waals surface area contributed by atoms with E-state index < -0.39 is 11.6 Å². The van der Waals surface area contributed by atoms with Gasteiger partial charge in [0.2, 0.25) is 0 Å². The smallest absolute Gasteiger partial charge is 0.175 e. The van der Waals surface area contributed by atoms with Gasteiger partial charge in [-0.05, 0) is 18.4 Å². The maximum atomic E-state index is 13.8. The van der Waals surface area contributed by atoms with E-state index in [0.29, 0.717) is 4.90 Å². The largest absolute Gasteiger partial charge is 0.381 e. The minimum absolute atomic E-state index is 0.0107. The van der Waals surface area contributed by atoms with Gasteiger partial charge in [0.05, 0.1) is 5.56 Å². The molecule has 2 rings (SSSR count). The van der Waals surface area contributed by atoms with Crippen molar-refractivity contribution < 1.29 is 13.3 Å². The molecule has 0 saturated heterocycles. The first-order valence-corrected chi connectivity index (χ1v) is 5.60. The van der Waals surface area contributed by atoms with Crippen LogP contribution >= 0.6 is 11.8 Å². The second-order valence-corrected chi connectivity index (χ2v) is 3.90. The Morgan fingerprint density at radius 2 is 2.12 bits per heavy atom. The lowest BCUT2D eigenvalue weighted by Gasteiger charge is -2.04. The van der Waals surface area contributed by atoms with E-state index in [1.54, 1.807) is 6.26 Å². The molecule has 2 aromatic rings. The van der Waals surface area contributed by atoms with E-state index in [9.17, 15) is 8.78 Å². The Hall–Kier alpha value is -1.56. The molecule has 0 fully saturated rings. The van der Waals surface area contributed by atoms with Gasteiger partial charge < -0.3 is 10.3 Å². The van der Waals surface area contributed by atoms with E-state index in [0.717, 1.165) is 0 Å². The van der Waals surface area contributed by atoms with Crippen LogP contribution in [-0.4, -0.2) is 11.4 Å². The van der Waals surface area contributed by atoms with Crippen LogP contribution in [0.2, 0.25) is 0 Å². The van der Waals surface area contributed by atoms with Gasteiger partial charge in [-0.15, -0.1) is 11.8 Å². The molecule has 0 saturated carbocycles.